The van der Waals surface area contributed by atoms with Crippen molar-refractivity contribution in [3.8, 4) is 11.1 Å². The van der Waals surface area contributed by atoms with E-state index in [2.05, 4.69) is 4.98 Å². The maximum Gasteiger partial charge on any atom is 0.461 e. The van der Waals surface area contributed by atoms with Crippen LogP contribution in [0.1, 0.15) is 0 Å². The topological polar surface area (TPSA) is 114 Å². The Morgan fingerprint density at radius 3 is 1.95 bits per heavy atom. The van der Waals surface area contributed by atoms with Gasteiger partial charge in [-0.25, -0.2) is 0 Å². The predicted octanol–water partition coefficient (Wildman–Crippen LogP) is 0.659. The first-order valence-corrected chi connectivity index (χ1v) is 5.41. The summed E-state index contributed by atoms with van der Waals surface area (Å²) in [6.07, 6.45) is 0. The lowest BCUT2D eigenvalue weighted by atomic mass is 10.0. The lowest BCUT2D eigenvalue weighted by Gasteiger charge is -2.00. The van der Waals surface area contributed by atoms with Gasteiger partial charge in [0.2, 0.25) is 5.39 Å². The molecule has 0 aliphatic carbocycles. The van der Waals surface area contributed by atoms with Crippen molar-refractivity contribution >= 4 is 17.1 Å². The number of nitro benzene ring substituents is 2. The van der Waals surface area contributed by atoms with Gasteiger partial charge in [0.1, 0.15) is 0 Å². The number of nitro groups is 2. The summed E-state index contributed by atoms with van der Waals surface area (Å²) in [5.74, 6) is 0. The molecule has 106 valence electrons. The summed E-state index contributed by atoms with van der Waals surface area (Å²) in [4.78, 5) is 23.0. The molecule has 0 radical (unpaired) electrons. The maximum atomic E-state index is 10.9. The second kappa shape index (κ2) is 6.40. The number of benzene rings is 2. The van der Waals surface area contributed by atoms with Crippen molar-refractivity contribution < 1.29 is 22.3 Å². The normalized spacial score (nSPS) is 9.29. The van der Waals surface area contributed by atoms with Gasteiger partial charge in [0, 0.05) is 24.3 Å². The van der Waals surface area contributed by atoms with Gasteiger partial charge in [-0.3, -0.25) is 20.2 Å². The molecule has 0 fully saturated rings. The van der Waals surface area contributed by atoms with Crippen molar-refractivity contribution in [2.45, 2.75) is 0 Å². The first kappa shape index (κ1) is 16.0. The molecule has 0 spiro atoms. The highest BCUT2D eigenvalue weighted by molar-refractivity contribution is 5.74. The first-order valence-electron chi connectivity index (χ1n) is 5.41. The Kier molecular flexibility index (Phi) is 4.88. The van der Waals surface area contributed by atoms with Crippen molar-refractivity contribution in [1.82, 2.24) is 0 Å². The molecule has 0 amide bonds. The SMILES string of the molecule is N#[N+]c1ccc(-c2ccc([N+](=O)[O-])cc2)cc1[N+](=O)[O-].[Cl-]. The second-order valence-electron chi connectivity index (χ2n) is 3.86. The Bertz CT molecular complexity index is 740. The Hall–Kier alpha value is -3.05. The molecule has 2 aromatic rings. The molecule has 0 aliphatic heterocycles. The Morgan fingerprint density at radius 1 is 0.905 bits per heavy atom. The minimum Gasteiger partial charge on any atom is -1.00 e. The number of halogens is 1. The maximum absolute atomic E-state index is 10.9. The molecule has 0 saturated heterocycles. The fourth-order valence-corrected chi connectivity index (χ4v) is 1.71. The van der Waals surface area contributed by atoms with Crippen molar-refractivity contribution in [2.75, 3.05) is 0 Å². The smallest absolute Gasteiger partial charge is 0.461 e. The van der Waals surface area contributed by atoms with E-state index in [0.717, 1.165) is 0 Å². The fourth-order valence-electron chi connectivity index (χ4n) is 1.71. The van der Waals surface area contributed by atoms with Crippen LogP contribution in [0.25, 0.3) is 16.1 Å². The van der Waals surface area contributed by atoms with Crippen molar-refractivity contribution in [3.05, 3.63) is 67.7 Å². The Balaban J connectivity index is 0.00000220. The van der Waals surface area contributed by atoms with E-state index < -0.39 is 9.85 Å². The molecule has 0 bridgehead atoms. The monoisotopic (exact) mass is 306 g/mol. The molecule has 0 aliphatic rings. The van der Waals surface area contributed by atoms with Crippen molar-refractivity contribution in [1.29, 1.82) is 5.39 Å². The molecule has 0 saturated carbocycles. The quantitative estimate of drug-likeness (QED) is 0.469. The molecule has 2 rings (SSSR count). The molecule has 0 aromatic heterocycles. The number of non-ortho nitro benzene ring substituents is 1. The van der Waals surface area contributed by atoms with E-state index in [4.69, 9.17) is 5.39 Å². The average molecular weight is 307 g/mol. The Labute approximate surface area is 124 Å². The highest BCUT2D eigenvalue weighted by Crippen LogP contribution is 2.32. The van der Waals surface area contributed by atoms with Gasteiger partial charge >= 0.3 is 11.4 Å². The van der Waals surface area contributed by atoms with Gasteiger partial charge in [-0.15, -0.1) is 0 Å². The van der Waals surface area contributed by atoms with Gasteiger partial charge in [0.15, 0.2) is 4.98 Å². The van der Waals surface area contributed by atoms with E-state index in [1.807, 2.05) is 0 Å². The van der Waals surface area contributed by atoms with Gasteiger partial charge < -0.3 is 12.4 Å². The summed E-state index contributed by atoms with van der Waals surface area (Å²) in [5.41, 5.74) is 0.524. The molecule has 21 heavy (non-hydrogen) atoms. The average Bonchev–Trinajstić information content (AvgIpc) is 2.46. The molecule has 9 heteroatoms. The highest BCUT2D eigenvalue weighted by atomic mass is 35.5. The molecule has 8 nitrogen and oxygen atoms in total. The summed E-state index contributed by atoms with van der Waals surface area (Å²) >= 11 is 0. The van der Waals surface area contributed by atoms with Crippen molar-refractivity contribution in [3.63, 3.8) is 0 Å². The predicted molar refractivity (Wildman–Crippen MR) is 69.9 cm³/mol. The third kappa shape index (κ3) is 3.29. The van der Waals surface area contributed by atoms with Gasteiger partial charge in [0.25, 0.3) is 5.69 Å². The lowest BCUT2D eigenvalue weighted by molar-refractivity contribution is -0.384. The van der Waals surface area contributed by atoms with Gasteiger partial charge in [-0.2, -0.15) is 0 Å². The van der Waals surface area contributed by atoms with E-state index in [9.17, 15) is 20.2 Å². The zero-order valence-corrected chi connectivity index (χ0v) is 11.1. The molecule has 0 unspecified atom stereocenters. The molecule has 0 atom stereocenters. The summed E-state index contributed by atoms with van der Waals surface area (Å²) in [7, 11) is 0. The molecule has 2 aromatic carbocycles. The van der Waals surface area contributed by atoms with Crippen molar-refractivity contribution in [2.24, 2.45) is 0 Å². The standard InChI is InChI=1S/C12H7N4O4.ClH/c13-14-11-6-3-9(7-12(11)16(19)20)8-1-4-10(5-2-8)15(17)18;/h1-7H;1H/q+1;/p-1. The number of nitrogens with zero attached hydrogens (tertiary/aromatic N) is 4. The van der Waals surface area contributed by atoms with Crippen LogP contribution in [-0.2, 0) is 0 Å². The van der Waals surface area contributed by atoms with E-state index in [0.29, 0.717) is 11.1 Å². The zero-order valence-electron chi connectivity index (χ0n) is 10.3. The van der Waals surface area contributed by atoms with Crippen LogP contribution in [0.2, 0.25) is 0 Å². The van der Waals surface area contributed by atoms with E-state index in [1.54, 1.807) is 0 Å². The summed E-state index contributed by atoms with van der Waals surface area (Å²) in [6.45, 7) is 0. The van der Waals surface area contributed by atoms with Crippen LogP contribution in [0.5, 0.6) is 0 Å². The first-order chi connectivity index (χ1) is 9.52. The zero-order chi connectivity index (χ0) is 14.7. The van der Waals surface area contributed by atoms with Crippen LogP contribution in [0.4, 0.5) is 17.1 Å². The summed E-state index contributed by atoms with van der Waals surface area (Å²) in [6, 6.07) is 9.69. The third-order valence-electron chi connectivity index (χ3n) is 2.69. The fraction of sp³-hybridized carbons (Fsp3) is 0. The molecule has 0 N–H and O–H groups in total. The van der Waals surface area contributed by atoms with Crippen LogP contribution in [-0.4, -0.2) is 9.85 Å². The van der Waals surface area contributed by atoms with Crippen LogP contribution in [0.3, 0.4) is 0 Å². The molecular weight excluding hydrogens is 300 g/mol. The van der Waals surface area contributed by atoms with Gasteiger partial charge in [0.05, 0.1) is 9.85 Å². The third-order valence-corrected chi connectivity index (χ3v) is 2.69. The van der Waals surface area contributed by atoms with Crippen LogP contribution in [0.15, 0.2) is 42.5 Å². The molecular formula is C12H7ClN4O4. The van der Waals surface area contributed by atoms with E-state index in [1.165, 1.54) is 42.5 Å². The Morgan fingerprint density at radius 2 is 1.48 bits per heavy atom. The highest BCUT2D eigenvalue weighted by Gasteiger charge is 2.25. The number of diazo groups is 1. The number of rotatable bonds is 3. The molecule has 0 heterocycles. The number of hydrogen-bond donors (Lipinski definition) is 0. The second-order valence-corrected chi connectivity index (χ2v) is 3.86. The van der Waals surface area contributed by atoms with Crippen LogP contribution in [0, 0.1) is 25.6 Å². The van der Waals surface area contributed by atoms with E-state index in [-0.39, 0.29) is 29.5 Å². The summed E-state index contributed by atoms with van der Waals surface area (Å²) < 4.78 is 0. The largest absolute Gasteiger partial charge is 1.00 e. The van der Waals surface area contributed by atoms with Gasteiger partial charge in [-0.1, -0.05) is 0 Å². The van der Waals surface area contributed by atoms with E-state index >= 15 is 0 Å². The van der Waals surface area contributed by atoms with Crippen LogP contribution < -0.4 is 12.4 Å². The lowest BCUT2D eigenvalue weighted by Crippen LogP contribution is -3.00. The minimum absolute atomic E-state index is 0. The van der Waals surface area contributed by atoms with Gasteiger partial charge in [-0.05, 0) is 29.3 Å². The minimum atomic E-state index is -0.663. The van der Waals surface area contributed by atoms with Crippen LogP contribution >= 0.6 is 0 Å². The number of hydrogen-bond acceptors (Lipinski definition) is 5. The summed E-state index contributed by atoms with van der Waals surface area (Å²) in [5, 5.41) is 30.1.